The molecule has 1 atom stereocenters. The molecular weight excluding hydrogens is 509 g/mol. The zero-order valence-electron chi connectivity index (χ0n) is 21.7. The second kappa shape index (κ2) is 9.88. The smallest absolute Gasteiger partial charge is 0.330 e. The Hall–Kier alpha value is -3.13. The van der Waals surface area contributed by atoms with Crippen molar-refractivity contribution in [2.75, 3.05) is 13.1 Å². The van der Waals surface area contributed by atoms with Gasteiger partial charge in [-0.1, -0.05) is 45.0 Å². The molecule has 1 saturated carbocycles. The average molecular weight is 541 g/mol. The van der Waals surface area contributed by atoms with Crippen molar-refractivity contribution in [2.24, 2.45) is 0 Å². The number of thiophene rings is 1. The van der Waals surface area contributed by atoms with Gasteiger partial charge in [0.1, 0.15) is 6.54 Å². The molecule has 0 bridgehead atoms. The van der Waals surface area contributed by atoms with Gasteiger partial charge >= 0.3 is 6.18 Å². The zero-order chi connectivity index (χ0) is 27.2. The molecule has 1 aliphatic heterocycles. The molecule has 5 rings (SSSR count). The van der Waals surface area contributed by atoms with Crippen molar-refractivity contribution in [3.8, 4) is 0 Å². The van der Waals surface area contributed by atoms with Crippen molar-refractivity contribution < 1.29 is 22.8 Å². The molecule has 0 spiro atoms. The number of hydrogen-bond acceptors (Lipinski definition) is 3. The fraction of sp³-hybridized carbons (Fsp3) is 0.400. The van der Waals surface area contributed by atoms with Crippen LogP contribution in [0.4, 0.5) is 13.2 Å². The first-order valence-corrected chi connectivity index (χ1v) is 13.8. The number of carbonyl (C=O) groups is 2. The topological polar surface area (TPSA) is 40.6 Å². The summed E-state index contributed by atoms with van der Waals surface area (Å²) in [5.41, 5.74) is 2.72. The fourth-order valence-electron chi connectivity index (χ4n) is 5.07. The number of halogens is 3. The van der Waals surface area contributed by atoms with E-state index in [0.717, 1.165) is 42.5 Å². The Labute approximate surface area is 225 Å². The molecule has 2 aliphatic rings. The molecule has 2 heterocycles. The van der Waals surface area contributed by atoms with Gasteiger partial charge in [-0.25, -0.2) is 0 Å². The first kappa shape index (κ1) is 26.5. The van der Waals surface area contributed by atoms with Gasteiger partial charge < -0.3 is 9.80 Å². The van der Waals surface area contributed by atoms with E-state index in [2.05, 4.69) is 56.5 Å². The highest BCUT2D eigenvalue weighted by atomic mass is 32.1. The lowest BCUT2D eigenvalue weighted by Crippen LogP contribution is -2.47. The van der Waals surface area contributed by atoms with Gasteiger partial charge in [-0.3, -0.25) is 9.59 Å². The largest absolute Gasteiger partial charge is 0.416 e. The minimum Gasteiger partial charge on any atom is -0.330 e. The van der Waals surface area contributed by atoms with Gasteiger partial charge in [-0.05, 0) is 77.1 Å². The molecule has 0 N–H and O–H groups in total. The number of nitrogens with zero attached hydrogens (tertiary/aromatic N) is 2. The third-order valence-corrected chi connectivity index (χ3v) is 8.39. The lowest BCUT2D eigenvalue weighted by Gasteiger charge is -2.38. The van der Waals surface area contributed by atoms with Gasteiger partial charge in [-0.2, -0.15) is 13.2 Å². The van der Waals surface area contributed by atoms with E-state index >= 15 is 0 Å². The van der Waals surface area contributed by atoms with Crippen LogP contribution < -0.4 is 0 Å². The van der Waals surface area contributed by atoms with Gasteiger partial charge in [0, 0.05) is 23.0 Å². The first-order valence-electron chi connectivity index (χ1n) is 12.9. The standard InChI is InChI=1S/C30H31F3N2O2S/c1-29(2,3)21-8-4-19(5-9-21)27-24-15-17-38-25(24)14-16-34(27)26(36)18-35(23-12-13-23)28(37)20-6-10-22(11-7-20)30(31,32)33/h4-11,15,17,23,27H,12-14,16,18H2,1-3H3. The SMILES string of the molecule is CC(C)(C)c1ccc(C2c3ccsc3CCN2C(=O)CN(C(=O)c2ccc(C(F)(F)F)cc2)C2CC2)cc1. The molecule has 1 aromatic heterocycles. The number of benzene rings is 2. The minimum absolute atomic E-state index is 0.0115. The predicted molar refractivity (Wildman–Crippen MR) is 142 cm³/mol. The van der Waals surface area contributed by atoms with E-state index in [0.29, 0.717) is 6.54 Å². The molecule has 4 nitrogen and oxygen atoms in total. The maximum absolute atomic E-state index is 13.8. The fourth-order valence-corrected chi connectivity index (χ4v) is 5.97. The quantitative estimate of drug-likeness (QED) is 0.355. The van der Waals surface area contributed by atoms with Crippen LogP contribution in [-0.4, -0.2) is 40.7 Å². The Kier molecular flexibility index (Phi) is 6.88. The summed E-state index contributed by atoms with van der Waals surface area (Å²) in [4.78, 5) is 31.8. The van der Waals surface area contributed by atoms with E-state index < -0.39 is 17.6 Å². The summed E-state index contributed by atoms with van der Waals surface area (Å²) >= 11 is 1.70. The molecule has 200 valence electrons. The van der Waals surface area contributed by atoms with Crippen LogP contribution in [0, 0.1) is 0 Å². The number of amides is 2. The normalized spacial score (nSPS) is 17.7. The second-order valence-electron chi connectivity index (χ2n) is 11.2. The van der Waals surface area contributed by atoms with Crippen LogP contribution in [0.3, 0.4) is 0 Å². The molecule has 0 saturated heterocycles. The Morgan fingerprint density at radius 2 is 1.58 bits per heavy atom. The van der Waals surface area contributed by atoms with Crippen LogP contribution in [0.25, 0.3) is 0 Å². The van der Waals surface area contributed by atoms with Gasteiger partial charge in [0.2, 0.25) is 5.91 Å². The van der Waals surface area contributed by atoms with Crippen LogP contribution in [-0.2, 0) is 22.8 Å². The van der Waals surface area contributed by atoms with Crippen LogP contribution in [0.15, 0.2) is 60.0 Å². The Morgan fingerprint density at radius 1 is 0.947 bits per heavy atom. The van der Waals surface area contributed by atoms with E-state index in [1.807, 2.05) is 4.90 Å². The van der Waals surface area contributed by atoms with Gasteiger partial charge in [0.25, 0.3) is 5.91 Å². The van der Waals surface area contributed by atoms with Gasteiger partial charge in [0.05, 0.1) is 11.6 Å². The summed E-state index contributed by atoms with van der Waals surface area (Å²) in [6.07, 6.45) is -2.15. The van der Waals surface area contributed by atoms with E-state index in [1.165, 1.54) is 27.5 Å². The Bertz CT molecular complexity index is 1320. The van der Waals surface area contributed by atoms with E-state index in [4.69, 9.17) is 0 Å². The molecule has 0 radical (unpaired) electrons. The lowest BCUT2D eigenvalue weighted by molar-refractivity contribution is -0.137. The maximum atomic E-state index is 13.8. The maximum Gasteiger partial charge on any atom is 0.416 e. The number of fused-ring (bicyclic) bond motifs is 1. The Balaban J connectivity index is 1.40. The molecule has 1 aliphatic carbocycles. The Morgan fingerprint density at radius 3 is 2.16 bits per heavy atom. The molecular formula is C30H31F3N2O2S. The highest BCUT2D eigenvalue weighted by Gasteiger charge is 2.39. The first-order chi connectivity index (χ1) is 17.9. The molecule has 8 heteroatoms. The van der Waals surface area contributed by atoms with E-state index in [1.54, 1.807) is 11.3 Å². The van der Waals surface area contributed by atoms with Crippen LogP contribution in [0.5, 0.6) is 0 Å². The molecule has 3 aromatic rings. The van der Waals surface area contributed by atoms with Crippen molar-refractivity contribution >= 4 is 23.2 Å². The van der Waals surface area contributed by atoms with Crippen LogP contribution >= 0.6 is 11.3 Å². The van der Waals surface area contributed by atoms with Crippen molar-refractivity contribution in [2.45, 2.75) is 63.7 Å². The molecule has 38 heavy (non-hydrogen) atoms. The van der Waals surface area contributed by atoms with Gasteiger partial charge in [0.15, 0.2) is 0 Å². The molecule has 2 amide bonds. The summed E-state index contributed by atoms with van der Waals surface area (Å²) in [5.74, 6) is -0.562. The van der Waals surface area contributed by atoms with Crippen LogP contribution in [0.2, 0.25) is 0 Å². The minimum atomic E-state index is -4.47. The highest BCUT2D eigenvalue weighted by molar-refractivity contribution is 7.10. The van der Waals surface area contributed by atoms with Crippen molar-refractivity contribution in [1.82, 2.24) is 9.80 Å². The summed E-state index contributed by atoms with van der Waals surface area (Å²) in [7, 11) is 0. The van der Waals surface area contributed by atoms with Crippen LogP contribution in [0.1, 0.15) is 77.1 Å². The predicted octanol–water partition coefficient (Wildman–Crippen LogP) is 6.84. The highest BCUT2D eigenvalue weighted by Crippen LogP contribution is 2.39. The van der Waals surface area contributed by atoms with Crippen molar-refractivity contribution in [3.63, 3.8) is 0 Å². The van der Waals surface area contributed by atoms with E-state index in [-0.39, 0.29) is 35.5 Å². The average Bonchev–Trinajstić information content (AvgIpc) is 3.61. The monoisotopic (exact) mass is 540 g/mol. The number of carbonyl (C=O) groups excluding carboxylic acids is 2. The molecule has 1 fully saturated rings. The lowest BCUT2D eigenvalue weighted by atomic mass is 9.85. The third-order valence-electron chi connectivity index (χ3n) is 7.39. The number of rotatable bonds is 5. The number of hydrogen-bond donors (Lipinski definition) is 0. The van der Waals surface area contributed by atoms with Crippen molar-refractivity contribution in [3.05, 3.63) is 92.7 Å². The summed E-state index contributed by atoms with van der Waals surface area (Å²) < 4.78 is 39.0. The summed E-state index contributed by atoms with van der Waals surface area (Å²) in [5, 5.41) is 2.06. The summed E-state index contributed by atoms with van der Waals surface area (Å²) in [6.45, 7) is 6.94. The molecule has 1 unspecified atom stereocenters. The summed E-state index contributed by atoms with van der Waals surface area (Å²) in [6, 6.07) is 14.4. The van der Waals surface area contributed by atoms with E-state index in [9.17, 15) is 22.8 Å². The zero-order valence-corrected chi connectivity index (χ0v) is 22.5. The third kappa shape index (κ3) is 5.37. The van der Waals surface area contributed by atoms with Crippen molar-refractivity contribution in [1.29, 1.82) is 0 Å². The van der Waals surface area contributed by atoms with Gasteiger partial charge in [-0.15, -0.1) is 11.3 Å². The number of alkyl halides is 3. The molecule has 2 aromatic carbocycles. The second-order valence-corrected chi connectivity index (χ2v) is 12.2.